The lowest BCUT2D eigenvalue weighted by Gasteiger charge is -2.39. The summed E-state index contributed by atoms with van der Waals surface area (Å²) < 4.78 is 40.6. The summed E-state index contributed by atoms with van der Waals surface area (Å²) in [5, 5.41) is 3.35. The summed E-state index contributed by atoms with van der Waals surface area (Å²) in [5.74, 6) is -0.329. The molecule has 1 heterocycles. The lowest BCUT2D eigenvalue weighted by atomic mass is 9.90. The molecular weight excluding hydrogens is 363 g/mol. The van der Waals surface area contributed by atoms with E-state index in [-0.39, 0.29) is 17.5 Å². The maximum absolute atomic E-state index is 13.5. The second-order valence-corrected chi connectivity index (χ2v) is 7.15. The maximum atomic E-state index is 13.5. The molecule has 4 nitrogen and oxygen atoms in total. The SMILES string of the molecule is CC1=C(C(=O)N(C)C)C(c2ccccc2C(F)(F)F)NC(=S)N1C1CC1. The topological polar surface area (TPSA) is 35.6 Å². The van der Waals surface area contributed by atoms with Gasteiger partial charge in [-0.3, -0.25) is 4.79 Å². The third-order valence-corrected chi connectivity index (χ3v) is 4.97. The van der Waals surface area contributed by atoms with E-state index < -0.39 is 17.8 Å². The van der Waals surface area contributed by atoms with Gasteiger partial charge in [0.1, 0.15) is 0 Å². The summed E-state index contributed by atoms with van der Waals surface area (Å²) in [7, 11) is 3.17. The number of rotatable bonds is 3. The van der Waals surface area contributed by atoms with E-state index in [1.807, 2.05) is 4.90 Å². The van der Waals surface area contributed by atoms with Crippen LogP contribution in [0.5, 0.6) is 0 Å². The molecule has 1 fully saturated rings. The van der Waals surface area contributed by atoms with Crippen LogP contribution in [0.3, 0.4) is 0 Å². The van der Waals surface area contributed by atoms with Gasteiger partial charge in [-0.25, -0.2) is 0 Å². The molecule has 0 saturated heterocycles. The second-order valence-electron chi connectivity index (χ2n) is 6.77. The van der Waals surface area contributed by atoms with Crippen LogP contribution in [-0.4, -0.2) is 41.0 Å². The van der Waals surface area contributed by atoms with Crippen molar-refractivity contribution in [1.29, 1.82) is 0 Å². The summed E-state index contributed by atoms with van der Waals surface area (Å²) >= 11 is 5.41. The number of nitrogens with one attached hydrogen (secondary N) is 1. The van der Waals surface area contributed by atoms with Crippen molar-refractivity contribution in [2.45, 2.75) is 38.0 Å². The molecule has 0 spiro atoms. The van der Waals surface area contributed by atoms with Crippen molar-refractivity contribution in [3.63, 3.8) is 0 Å². The highest BCUT2D eigenvalue weighted by Gasteiger charge is 2.43. The van der Waals surface area contributed by atoms with E-state index in [1.54, 1.807) is 21.0 Å². The van der Waals surface area contributed by atoms with Crippen molar-refractivity contribution in [1.82, 2.24) is 15.1 Å². The Morgan fingerprint density at radius 3 is 2.42 bits per heavy atom. The lowest BCUT2D eigenvalue weighted by molar-refractivity contribution is -0.138. The first-order valence-corrected chi connectivity index (χ1v) is 8.72. The van der Waals surface area contributed by atoms with Crippen molar-refractivity contribution < 1.29 is 18.0 Å². The number of nitrogens with zero attached hydrogens (tertiary/aromatic N) is 2. The van der Waals surface area contributed by atoms with Crippen LogP contribution in [0.2, 0.25) is 0 Å². The van der Waals surface area contributed by atoms with E-state index in [9.17, 15) is 18.0 Å². The van der Waals surface area contributed by atoms with Gasteiger partial charge in [-0.15, -0.1) is 0 Å². The number of benzene rings is 1. The van der Waals surface area contributed by atoms with Gasteiger partial charge in [0, 0.05) is 25.8 Å². The van der Waals surface area contributed by atoms with E-state index >= 15 is 0 Å². The minimum Gasteiger partial charge on any atom is -0.351 e. The summed E-state index contributed by atoms with van der Waals surface area (Å²) in [6, 6.07) is 4.57. The summed E-state index contributed by atoms with van der Waals surface area (Å²) in [6.45, 7) is 1.76. The van der Waals surface area contributed by atoms with Crippen molar-refractivity contribution in [2.24, 2.45) is 0 Å². The molecule has 1 aliphatic carbocycles. The number of likely N-dealkylation sites (N-methyl/N-ethyl adjacent to an activating group) is 1. The average Bonchev–Trinajstić information content (AvgIpc) is 3.37. The van der Waals surface area contributed by atoms with Crippen LogP contribution in [0.4, 0.5) is 13.2 Å². The Kier molecular flexibility index (Phi) is 4.72. The number of carbonyl (C=O) groups excluding carboxylic acids is 1. The lowest BCUT2D eigenvalue weighted by Crippen LogP contribution is -2.50. The van der Waals surface area contributed by atoms with E-state index in [2.05, 4.69) is 5.32 Å². The first kappa shape index (κ1) is 18.7. The smallest absolute Gasteiger partial charge is 0.351 e. The quantitative estimate of drug-likeness (QED) is 0.811. The van der Waals surface area contributed by atoms with Gasteiger partial charge in [-0.1, -0.05) is 18.2 Å². The van der Waals surface area contributed by atoms with Crippen LogP contribution in [0.1, 0.15) is 36.9 Å². The van der Waals surface area contributed by atoms with Gasteiger partial charge < -0.3 is 15.1 Å². The number of hydrogen-bond donors (Lipinski definition) is 1. The molecule has 3 rings (SSSR count). The Hall–Kier alpha value is -2.09. The summed E-state index contributed by atoms with van der Waals surface area (Å²) in [4.78, 5) is 16.1. The molecule has 1 saturated carbocycles. The van der Waals surface area contributed by atoms with Crippen LogP contribution in [0.15, 0.2) is 35.5 Å². The molecule has 1 unspecified atom stereocenters. The number of halogens is 3. The molecular formula is C18H20F3N3OS. The van der Waals surface area contributed by atoms with Crippen molar-refractivity contribution in [3.05, 3.63) is 46.7 Å². The Bertz CT molecular complexity index is 784. The number of thiocarbonyl (C=S) groups is 1. The first-order valence-electron chi connectivity index (χ1n) is 8.31. The fraction of sp³-hybridized carbons (Fsp3) is 0.444. The molecule has 0 bridgehead atoms. The van der Waals surface area contributed by atoms with Crippen LogP contribution in [-0.2, 0) is 11.0 Å². The van der Waals surface area contributed by atoms with Gasteiger partial charge in [0.2, 0.25) is 0 Å². The highest BCUT2D eigenvalue weighted by molar-refractivity contribution is 7.80. The minimum absolute atomic E-state index is 0.00217. The fourth-order valence-electron chi connectivity index (χ4n) is 3.29. The van der Waals surface area contributed by atoms with E-state index in [0.29, 0.717) is 16.4 Å². The van der Waals surface area contributed by atoms with Crippen LogP contribution >= 0.6 is 12.2 Å². The van der Waals surface area contributed by atoms with Gasteiger partial charge in [-0.2, -0.15) is 13.2 Å². The molecule has 1 aromatic carbocycles. The van der Waals surface area contributed by atoms with Gasteiger partial charge >= 0.3 is 6.18 Å². The van der Waals surface area contributed by atoms with E-state index in [0.717, 1.165) is 18.9 Å². The number of alkyl halides is 3. The van der Waals surface area contributed by atoms with Crippen LogP contribution in [0, 0.1) is 0 Å². The normalized spacial score (nSPS) is 20.9. The Morgan fingerprint density at radius 1 is 1.27 bits per heavy atom. The molecule has 2 aliphatic rings. The molecule has 1 N–H and O–H groups in total. The predicted octanol–water partition coefficient (Wildman–Crippen LogP) is 3.46. The second kappa shape index (κ2) is 6.57. The zero-order valence-corrected chi connectivity index (χ0v) is 15.5. The monoisotopic (exact) mass is 383 g/mol. The fourth-order valence-corrected chi connectivity index (χ4v) is 3.69. The standard InChI is InChI=1S/C18H20F3N3OS/c1-10-14(16(25)23(2)3)15(22-17(26)24(10)11-8-9-11)12-6-4-5-7-13(12)18(19,20)21/h4-7,11,15H,8-9H2,1-3H3,(H,22,26). The minimum atomic E-state index is -4.52. The average molecular weight is 383 g/mol. The third kappa shape index (κ3) is 3.30. The third-order valence-electron chi connectivity index (χ3n) is 4.65. The summed E-state index contributed by atoms with van der Waals surface area (Å²) in [5.41, 5.74) is 0.156. The molecule has 0 radical (unpaired) electrons. The summed E-state index contributed by atoms with van der Waals surface area (Å²) in [6.07, 6.45) is -2.62. The largest absolute Gasteiger partial charge is 0.416 e. The predicted molar refractivity (Wildman–Crippen MR) is 96.2 cm³/mol. The molecule has 8 heteroatoms. The van der Waals surface area contributed by atoms with Crippen LogP contribution < -0.4 is 5.32 Å². The van der Waals surface area contributed by atoms with Gasteiger partial charge in [-0.05, 0) is 43.6 Å². The number of allylic oxidation sites excluding steroid dienone is 1. The zero-order chi connectivity index (χ0) is 19.2. The van der Waals surface area contributed by atoms with Crippen molar-refractivity contribution in [3.8, 4) is 0 Å². The van der Waals surface area contributed by atoms with E-state index in [1.165, 1.54) is 23.1 Å². The first-order chi connectivity index (χ1) is 12.1. The molecule has 1 aliphatic heterocycles. The molecule has 1 atom stereocenters. The van der Waals surface area contributed by atoms with Crippen molar-refractivity contribution >= 4 is 23.2 Å². The Balaban J connectivity index is 2.17. The van der Waals surface area contributed by atoms with E-state index in [4.69, 9.17) is 12.2 Å². The van der Waals surface area contributed by atoms with Gasteiger partial charge in [0.15, 0.2) is 5.11 Å². The highest BCUT2D eigenvalue weighted by Crippen LogP contribution is 2.41. The maximum Gasteiger partial charge on any atom is 0.416 e. The Morgan fingerprint density at radius 2 is 1.88 bits per heavy atom. The highest BCUT2D eigenvalue weighted by atomic mass is 32.1. The molecule has 0 aromatic heterocycles. The van der Waals surface area contributed by atoms with Gasteiger partial charge in [0.25, 0.3) is 5.91 Å². The molecule has 1 aromatic rings. The molecule has 26 heavy (non-hydrogen) atoms. The van der Waals surface area contributed by atoms with Crippen molar-refractivity contribution in [2.75, 3.05) is 14.1 Å². The van der Waals surface area contributed by atoms with Crippen LogP contribution in [0.25, 0.3) is 0 Å². The number of hydrogen-bond acceptors (Lipinski definition) is 2. The molecule has 1 amide bonds. The molecule has 140 valence electrons. The van der Waals surface area contributed by atoms with Gasteiger partial charge in [0.05, 0.1) is 17.2 Å². The number of amides is 1. The Labute approximate surface area is 155 Å². The zero-order valence-electron chi connectivity index (χ0n) is 14.7. The number of carbonyl (C=O) groups is 1.